The van der Waals surface area contributed by atoms with Crippen LogP contribution >= 0.6 is 23.2 Å². The van der Waals surface area contributed by atoms with Gasteiger partial charge >= 0.3 is 0 Å². The van der Waals surface area contributed by atoms with Crippen molar-refractivity contribution in [3.8, 4) is 0 Å². The second-order valence-electron chi connectivity index (χ2n) is 2.93. The molecule has 1 fully saturated rings. The van der Waals surface area contributed by atoms with Crippen molar-refractivity contribution in [2.45, 2.75) is 12.5 Å². The van der Waals surface area contributed by atoms with Crippen LogP contribution in [0.1, 0.15) is 6.42 Å². The Hall–Kier alpha value is 0.500. The Kier molecular flexibility index (Phi) is 5.32. The molecule has 0 spiro atoms. The number of morpholine rings is 1. The molecule has 0 bridgehead atoms. The molecular weight excluding hydrogens is 197 g/mol. The van der Waals surface area contributed by atoms with E-state index in [1.807, 2.05) is 0 Å². The Bertz CT molecular complexity index is 106. The summed E-state index contributed by atoms with van der Waals surface area (Å²) in [6, 6.07) is 0.481. The van der Waals surface area contributed by atoms with Gasteiger partial charge in [0.2, 0.25) is 0 Å². The van der Waals surface area contributed by atoms with Crippen LogP contribution in [-0.4, -0.2) is 49.0 Å². The van der Waals surface area contributed by atoms with Crippen LogP contribution in [0.15, 0.2) is 0 Å². The van der Waals surface area contributed by atoms with Crippen LogP contribution in [0.5, 0.6) is 0 Å². The van der Waals surface area contributed by atoms with E-state index >= 15 is 0 Å². The molecule has 1 saturated heterocycles. The fourth-order valence-electron chi connectivity index (χ4n) is 1.48. The lowest BCUT2D eigenvalue weighted by atomic mass is 10.2. The Morgan fingerprint density at radius 2 is 2.17 bits per heavy atom. The number of rotatable bonds is 4. The average molecular weight is 212 g/mol. The molecule has 12 heavy (non-hydrogen) atoms. The summed E-state index contributed by atoms with van der Waals surface area (Å²) in [5.41, 5.74) is 0. The maximum absolute atomic E-state index is 5.69. The highest BCUT2D eigenvalue weighted by Crippen LogP contribution is 2.10. The quantitative estimate of drug-likeness (QED) is 0.655. The number of halogens is 2. The third-order valence-corrected chi connectivity index (χ3v) is 2.55. The molecule has 0 aromatic carbocycles. The molecular formula is C8H15Cl2NO. The maximum atomic E-state index is 5.69. The number of hydrogen-bond acceptors (Lipinski definition) is 2. The predicted molar refractivity (Wildman–Crippen MR) is 52.2 cm³/mol. The van der Waals surface area contributed by atoms with Crippen molar-refractivity contribution in [2.75, 3.05) is 38.1 Å². The second-order valence-corrected chi connectivity index (χ2v) is 3.69. The lowest BCUT2D eigenvalue weighted by molar-refractivity contribution is -0.00516. The van der Waals surface area contributed by atoms with Crippen molar-refractivity contribution in [1.29, 1.82) is 0 Å². The molecule has 0 saturated carbocycles. The van der Waals surface area contributed by atoms with Gasteiger partial charge in [-0.3, -0.25) is 4.90 Å². The third-order valence-electron chi connectivity index (χ3n) is 2.16. The van der Waals surface area contributed by atoms with Gasteiger partial charge in [0.25, 0.3) is 0 Å². The van der Waals surface area contributed by atoms with E-state index in [4.69, 9.17) is 27.9 Å². The molecule has 0 N–H and O–H groups in total. The number of ether oxygens (including phenoxy) is 1. The average Bonchev–Trinajstić information content (AvgIpc) is 2.09. The molecule has 0 aliphatic carbocycles. The first-order chi connectivity index (χ1) is 5.88. The fraction of sp³-hybridized carbons (Fsp3) is 1.00. The number of alkyl halides is 2. The lowest BCUT2D eigenvalue weighted by Gasteiger charge is -2.34. The van der Waals surface area contributed by atoms with E-state index in [-0.39, 0.29) is 0 Å². The van der Waals surface area contributed by atoms with Crippen LogP contribution < -0.4 is 0 Å². The molecule has 0 aromatic heterocycles. The monoisotopic (exact) mass is 211 g/mol. The first kappa shape index (κ1) is 10.6. The van der Waals surface area contributed by atoms with Crippen LogP contribution in [0.3, 0.4) is 0 Å². The van der Waals surface area contributed by atoms with Gasteiger partial charge < -0.3 is 4.74 Å². The minimum Gasteiger partial charge on any atom is -0.378 e. The third kappa shape index (κ3) is 3.09. The molecule has 0 aromatic rings. The zero-order chi connectivity index (χ0) is 8.81. The molecule has 72 valence electrons. The van der Waals surface area contributed by atoms with Crippen LogP contribution in [0.25, 0.3) is 0 Å². The highest BCUT2D eigenvalue weighted by atomic mass is 35.5. The van der Waals surface area contributed by atoms with Crippen molar-refractivity contribution < 1.29 is 4.74 Å². The second kappa shape index (κ2) is 6.03. The van der Waals surface area contributed by atoms with Crippen LogP contribution in [0.2, 0.25) is 0 Å². The molecule has 1 aliphatic rings. The highest BCUT2D eigenvalue weighted by molar-refractivity contribution is 6.18. The fourth-order valence-corrected chi connectivity index (χ4v) is 1.95. The van der Waals surface area contributed by atoms with Gasteiger partial charge in [-0.25, -0.2) is 0 Å². The lowest BCUT2D eigenvalue weighted by Crippen LogP contribution is -2.46. The largest absolute Gasteiger partial charge is 0.378 e. The van der Waals surface area contributed by atoms with Gasteiger partial charge in [-0.2, -0.15) is 0 Å². The Balaban J connectivity index is 2.31. The summed E-state index contributed by atoms with van der Waals surface area (Å²) in [4.78, 5) is 2.36. The normalized spacial score (nSPS) is 26.0. The summed E-state index contributed by atoms with van der Waals surface area (Å²) in [6.45, 7) is 3.58. The van der Waals surface area contributed by atoms with E-state index in [1.54, 1.807) is 0 Å². The van der Waals surface area contributed by atoms with Gasteiger partial charge in [0, 0.05) is 30.9 Å². The summed E-state index contributed by atoms with van der Waals surface area (Å²) in [6.07, 6.45) is 0.998. The van der Waals surface area contributed by atoms with E-state index in [9.17, 15) is 0 Å². The van der Waals surface area contributed by atoms with Gasteiger partial charge in [0.1, 0.15) is 0 Å². The molecule has 0 radical (unpaired) electrons. The van der Waals surface area contributed by atoms with Gasteiger partial charge in [-0.15, -0.1) is 23.2 Å². The molecule has 1 heterocycles. The number of nitrogens with zero attached hydrogens (tertiary/aromatic N) is 1. The highest BCUT2D eigenvalue weighted by Gasteiger charge is 2.21. The minimum atomic E-state index is 0.481. The summed E-state index contributed by atoms with van der Waals surface area (Å²) in [5, 5.41) is 0. The Morgan fingerprint density at radius 3 is 2.83 bits per heavy atom. The van der Waals surface area contributed by atoms with Crippen molar-refractivity contribution in [1.82, 2.24) is 4.90 Å². The molecule has 1 rings (SSSR count). The van der Waals surface area contributed by atoms with Crippen molar-refractivity contribution in [3.63, 3.8) is 0 Å². The zero-order valence-electron chi connectivity index (χ0n) is 7.14. The maximum Gasteiger partial charge on any atom is 0.0622 e. The van der Waals surface area contributed by atoms with E-state index in [0.29, 0.717) is 17.8 Å². The van der Waals surface area contributed by atoms with Crippen molar-refractivity contribution >= 4 is 23.2 Å². The van der Waals surface area contributed by atoms with Crippen molar-refractivity contribution in [2.24, 2.45) is 0 Å². The predicted octanol–water partition coefficient (Wildman–Crippen LogP) is 1.55. The topological polar surface area (TPSA) is 12.5 Å². The molecule has 4 heteroatoms. The summed E-state index contributed by atoms with van der Waals surface area (Å²) < 4.78 is 5.37. The van der Waals surface area contributed by atoms with E-state index in [0.717, 1.165) is 32.7 Å². The number of hydrogen-bond donors (Lipinski definition) is 0. The molecule has 1 aliphatic heterocycles. The SMILES string of the molecule is ClCCC1COCCN1CCCl. The van der Waals surface area contributed by atoms with Gasteiger partial charge in [-0.1, -0.05) is 0 Å². The van der Waals surface area contributed by atoms with Gasteiger partial charge in [-0.05, 0) is 6.42 Å². The molecule has 1 unspecified atom stereocenters. The standard InChI is InChI=1S/C8H15Cl2NO/c9-2-1-8-7-12-6-5-11(8)4-3-10/h8H,1-7H2. The van der Waals surface area contributed by atoms with Crippen molar-refractivity contribution in [3.05, 3.63) is 0 Å². The first-order valence-electron chi connectivity index (χ1n) is 4.32. The van der Waals surface area contributed by atoms with E-state index < -0.39 is 0 Å². The van der Waals surface area contributed by atoms with Crippen LogP contribution in [0, 0.1) is 0 Å². The zero-order valence-corrected chi connectivity index (χ0v) is 8.65. The van der Waals surface area contributed by atoms with E-state index in [1.165, 1.54) is 0 Å². The molecule has 2 nitrogen and oxygen atoms in total. The van der Waals surface area contributed by atoms with E-state index in [2.05, 4.69) is 4.90 Å². The molecule has 0 amide bonds. The van der Waals surface area contributed by atoms with Gasteiger partial charge in [0.15, 0.2) is 0 Å². The van der Waals surface area contributed by atoms with Gasteiger partial charge in [0.05, 0.1) is 13.2 Å². The van der Waals surface area contributed by atoms with Crippen LogP contribution in [-0.2, 0) is 4.74 Å². The minimum absolute atomic E-state index is 0.481. The summed E-state index contributed by atoms with van der Waals surface area (Å²) in [5.74, 6) is 1.39. The molecule has 1 atom stereocenters. The summed E-state index contributed by atoms with van der Waals surface area (Å²) in [7, 11) is 0. The first-order valence-corrected chi connectivity index (χ1v) is 5.39. The van der Waals surface area contributed by atoms with Crippen LogP contribution in [0.4, 0.5) is 0 Å². The summed E-state index contributed by atoms with van der Waals surface area (Å²) >= 11 is 11.4. The Morgan fingerprint density at radius 1 is 1.33 bits per heavy atom. The smallest absolute Gasteiger partial charge is 0.0622 e. The Labute approximate surface area is 83.8 Å².